The Morgan fingerprint density at radius 3 is 2.27 bits per heavy atom. The second-order valence-electron chi connectivity index (χ2n) is 8.76. The Labute approximate surface area is 178 Å². The van der Waals surface area contributed by atoms with Crippen LogP contribution in [0.25, 0.3) is 0 Å². The van der Waals surface area contributed by atoms with Crippen molar-refractivity contribution in [2.24, 2.45) is 11.3 Å². The van der Waals surface area contributed by atoms with Crippen molar-refractivity contribution in [3.05, 3.63) is 65.7 Å². The molecule has 1 fully saturated rings. The molecule has 3 rings (SSSR count). The zero-order chi connectivity index (χ0) is 21.8. The molecule has 0 spiro atoms. The van der Waals surface area contributed by atoms with Crippen molar-refractivity contribution in [2.75, 3.05) is 6.61 Å². The minimum Gasteiger partial charge on any atom is -0.489 e. The lowest BCUT2D eigenvalue weighted by molar-refractivity contribution is -0.162. The molecule has 0 amide bonds. The third-order valence-corrected chi connectivity index (χ3v) is 5.14. The molecule has 0 bridgehead atoms. The Bertz CT molecular complexity index is 867. The third-order valence-electron chi connectivity index (χ3n) is 5.14. The monoisotopic (exact) mass is 410 g/mol. The fraction of sp³-hybridized carbons (Fsp3) is 0.440. The van der Waals surface area contributed by atoms with Gasteiger partial charge in [0, 0.05) is 0 Å². The van der Waals surface area contributed by atoms with Gasteiger partial charge in [-0.3, -0.25) is 9.59 Å². The Kier molecular flexibility index (Phi) is 6.49. The van der Waals surface area contributed by atoms with Gasteiger partial charge in [0.25, 0.3) is 0 Å². The largest absolute Gasteiger partial charge is 0.489 e. The van der Waals surface area contributed by atoms with Gasteiger partial charge in [0.2, 0.25) is 0 Å². The van der Waals surface area contributed by atoms with Gasteiger partial charge in [-0.15, -0.1) is 0 Å². The lowest BCUT2D eigenvalue weighted by Gasteiger charge is -2.21. The summed E-state index contributed by atoms with van der Waals surface area (Å²) in [6.45, 7) is 8.03. The fourth-order valence-electron chi connectivity index (χ4n) is 3.56. The zero-order valence-electron chi connectivity index (χ0n) is 18.1. The summed E-state index contributed by atoms with van der Waals surface area (Å²) >= 11 is 0. The van der Waals surface area contributed by atoms with E-state index >= 15 is 0 Å². The second kappa shape index (κ2) is 8.90. The molecule has 5 nitrogen and oxygen atoms in total. The number of benzene rings is 2. The van der Waals surface area contributed by atoms with Crippen LogP contribution in [0.4, 0.5) is 0 Å². The zero-order valence-corrected chi connectivity index (χ0v) is 18.1. The van der Waals surface area contributed by atoms with Crippen LogP contribution >= 0.6 is 0 Å². The molecule has 1 saturated carbocycles. The highest BCUT2D eigenvalue weighted by Crippen LogP contribution is 2.56. The molecule has 0 saturated heterocycles. The lowest BCUT2D eigenvalue weighted by Crippen LogP contribution is -2.30. The highest BCUT2D eigenvalue weighted by Gasteiger charge is 2.65. The van der Waals surface area contributed by atoms with E-state index in [0.29, 0.717) is 19.4 Å². The first-order chi connectivity index (χ1) is 14.2. The summed E-state index contributed by atoms with van der Waals surface area (Å²) in [7, 11) is 0. The molecule has 0 heterocycles. The number of esters is 2. The number of carbonyl (C=O) groups excluding carboxylic acids is 2. The normalized spacial score (nSPS) is 20.3. The maximum atomic E-state index is 12.7. The van der Waals surface area contributed by atoms with Crippen LogP contribution in [0.15, 0.2) is 54.6 Å². The molecule has 1 aliphatic carbocycles. The maximum absolute atomic E-state index is 12.7. The summed E-state index contributed by atoms with van der Waals surface area (Å²) in [4.78, 5) is 25.2. The standard InChI is InChI=1S/C25H30O5/c1-5-28-23(27)25(16-21(25)22(26)30-24(2,3)4)15-18-11-13-20(14-12-18)29-17-19-9-7-6-8-10-19/h6-14,21H,5,15-17H2,1-4H3. The molecular weight excluding hydrogens is 380 g/mol. The average Bonchev–Trinajstić information content (AvgIpc) is 3.43. The van der Waals surface area contributed by atoms with Crippen LogP contribution < -0.4 is 4.74 Å². The molecule has 0 N–H and O–H groups in total. The van der Waals surface area contributed by atoms with Gasteiger partial charge in [-0.1, -0.05) is 42.5 Å². The molecule has 160 valence electrons. The summed E-state index contributed by atoms with van der Waals surface area (Å²) < 4.78 is 16.6. The molecule has 0 aromatic heterocycles. The van der Waals surface area contributed by atoms with E-state index in [9.17, 15) is 9.59 Å². The SMILES string of the molecule is CCOC(=O)C1(Cc2ccc(OCc3ccccc3)cc2)CC1C(=O)OC(C)(C)C. The Morgan fingerprint density at radius 1 is 1.00 bits per heavy atom. The first-order valence-electron chi connectivity index (χ1n) is 10.4. The van der Waals surface area contributed by atoms with Gasteiger partial charge < -0.3 is 14.2 Å². The molecule has 0 aliphatic heterocycles. The summed E-state index contributed by atoms with van der Waals surface area (Å²) in [5, 5.41) is 0. The highest BCUT2D eigenvalue weighted by molar-refractivity contribution is 5.91. The van der Waals surface area contributed by atoms with Crippen LogP contribution in [0.5, 0.6) is 5.75 Å². The van der Waals surface area contributed by atoms with Crippen molar-refractivity contribution >= 4 is 11.9 Å². The average molecular weight is 411 g/mol. The van der Waals surface area contributed by atoms with Gasteiger partial charge in [0.15, 0.2) is 0 Å². The topological polar surface area (TPSA) is 61.8 Å². The Hall–Kier alpha value is -2.82. The van der Waals surface area contributed by atoms with E-state index in [1.54, 1.807) is 6.92 Å². The summed E-state index contributed by atoms with van der Waals surface area (Å²) in [5.41, 5.74) is 0.630. The molecule has 2 atom stereocenters. The molecule has 2 unspecified atom stereocenters. The quantitative estimate of drug-likeness (QED) is 0.589. The van der Waals surface area contributed by atoms with Crippen molar-refractivity contribution in [3.63, 3.8) is 0 Å². The first-order valence-corrected chi connectivity index (χ1v) is 10.4. The van der Waals surface area contributed by atoms with Crippen LogP contribution in [0.3, 0.4) is 0 Å². The highest BCUT2D eigenvalue weighted by atomic mass is 16.6. The van der Waals surface area contributed by atoms with Crippen molar-refractivity contribution in [3.8, 4) is 5.75 Å². The van der Waals surface area contributed by atoms with E-state index < -0.39 is 16.9 Å². The molecule has 5 heteroatoms. The fourth-order valence-corrected chi connectivity index (χ4v) is 3.56. The number of carbonyl (C=O) groups is 2. The molecule has 30 heavy (non-hydrogen) atoms. The van der Waals surface area contributed by atoms with Gasteiger partial charge in [-0.05, 0) is 63.8 Å². The van der Waals surface area contributed by atoms with Gasteiger partial charge in [0.1, 0.15) is 18.0 Å². The molecule has 2 aromatic carbocycles. The minimum absolute atomic E-state index is 0.286. The van der Waals surface area contributed by atoms with Crippen LogP contribution in [0.1, 0.15) is 45.2 Å². The van der Waals surface area contributed by atoms with E-state index in [4.69, 9.17) is 14.2 Å². The van der Waals surface area contributed by atoms with Crippen LogP contribution in [-0.2, 0) is 32.1 Å². The van der Waals surface area contributed by atoms with Gasteiger partial charge >= 0.3 is 11.9 Å². The van der Waals surface area contributed by atoms with Gasteiger partial charge in [-0.2, -0.15) is 0 Å². The molecular formula is C25H30O5. The van der Waals surface area contributed by atoms with Gasteiger partial charge in [-0.25, -0.2) is 0 Å². The number of ether oxygens (including phenoxy) is 3. The van der Waals surface area contributed by atoms with Crippen LogP contribution in [0, 0.1) is 11.3 Å². The number of hydrogen-bond donors (Lipinski definition) is 0. The lowest BCUT2D eigenvalue weighted by atomic mass is 9.93. The van der Waals surface area contributed by atoms with Gasteiger partial charge in [0.05, 0.1) is 17.9 Å². The molecule has 1 aliphatic rings. The third kappa shape index (κ3) is 5.41. The first kappa shape index (κ1) is 21.9. The molecule has 0 radical (unpaired) electrons. The smallest absolute Gasteiger partial charge is 0.313 e. The summed E-state index contributed by atoms with van der Waals surface area (Å²) in [6, 6.07) is 17.6. The predicted molar refractivity (Wildman–Crippen MR) is 114 cm³/mol. The van der Waals surface area contributed by atoms with E-state index in [-0.39, 0.29) is 18.5 Å². The Morgan fingerprint density at radius 2 is 1.67 bits per heavy atom. The van der Waals surface area contributed by atoms with Crippen molar-refractivity contribution in [1.29, 1.82) is 0 Å². The maximum Gasteiger partial charge on any atom is 0.313 e. The number of rotatable bonds is 8. The van der Waals surface area contributed by atoms with Crippen molar-refractivity contribution < 1.29 is 23.8 Å². The Balaban J connectivity index is 1.66. The van der Waals surface area contributed by atoms with Crippen molar-refractivity contribution in [2.45, 2.75) is 52.7 Å². The van der Waals surface area contributed by atoms with E-state index in [0.717, 1.165) is 16.9 Å². The predicted octanol–water partition coefficient (Wildman–Crippen LogP) is 4.72. The van der Waals surface area contributed by atoms with Crippen molar-refractivity contribution in [1.82, 2.24) is 0 Å². The van der Waals surface area contributed by atoms with Crippen LogP contribution in [-0.4, -0.2) is 24.1 Å². The summed E-state index contributed by atoms with van der Waals surface area (Å²) in [5.74, 6) is -0.374. The van der Waals surface area contributed by atoms with Crippen LogP contribution in [0.2, 0.25) is 0 Å². The molecule has 2 aromatic rings. The number of hydrogen-bond acceptors (Lipinski definition) is 5. The van der Waals surface area contributed by atoms with E-state index in [2.05, 4.69) is 0 Å². The minimum atomic E-state index is -0.843. The summed E-state index contributed by atoms with van der Waals surface area (Å²) in [6.07, 6.45) is 0.891. The van der Waals surface area contributed by atoms with E-state index in [1.165, 1.54) is 0 Å². The second-order valence-corrected chi connectivity index (χ2v) is 8.76. The van der Waals surface area contributed by atoms with E-state index in [1.807, 2.05) is 75.4 Å².